The highest BCUT2D eigenvalue weighted by molar-refractivity contribution is 8.00. The van der Waals surface area contributed by atoms with Crippen molar-refractivity contribution in [2.45, 2.75) is 31.6 Å². The predicted molar refractivity (Wildman–Crippen MR) is 108 cm³/mol. The van der Waals surface area contributed by atoms with Crippen LogP contribution in [0.25, 0.3) is 10.9 Å². The molecule has 1 aromatic heterocycles. The number of alkyl halides is 3. The predicted octanol–water partition coefficient (Wildman–Crippen LogP) is 5.02. The van der Waals surface area contributed by atoms with Crippen molar-refractivity contribution in [1.29, 1.82) is 0 Å². The normalized spacial score (nSPS) is 11.7. The summed E-state index contributed by atoms with van der Waals surface area (Å²) in [6.07, 6.45) is -4.65. The molecule has 0 bridgehead atoms. The Morgan fingerprint density at radius 2 is 1.83 bits per heavy atom. The molecule has 0 aliphatic rings. The Kier molecular flexibility index (Phi) is 6.12. The molecule has 152 valence electrons. The summed E-state index contributed by atoms with van der Waals surface area (Å²) in [4.78, 5) is 21.4. The standard InChI is InChI=1S/C21H20F3N3OS/c1-13-8-9-15(14(2)10-13)11-27(3)18(28)12-29-19-16-6-4-5-7-17(16)25-20(26-19)21(22,23)24/h4-10H,11-12H2,1-3H3. The van der Waals surface area contributed by atoms with Crippen LogP contribution in [0.4, 0.5) is 13.2 Å². The number of carbonyl (C=O) groups is 1. The second kappa shape index (κ2) is 8.41. The molecule has 3 aromatic rings. The van der Waals surface area contributed by atoms with Gasteiger partial charge in [-0.3, -0.25) is 4.79 Å². The van der Waals surface area contributed by atoms with Crippen molar-refractivity contribution >= 4 is 28.6 Å². The zero-order chi connectivity index (χ0) is 21.2. The van der Waals surface area contributed by atoms with Crippen LogP contribution < -0.4 is 0 Å². The first kappa shape index (κ1) is 21.1. The molecule has 3 rings (SSSR count). The maximum atomic E-state index is 13.1. The molecule has 4 nitrogen and oxygen atoms in total. The number of aromatic nitrogens is 2. The summed E-state index contributed by atoms with van der Waals surface area (Å²) in [7, 11) is 1.68. The van der Waals surface area contributed by atoms with Crippen LogP contribution in [0.2, 0.25) is 0 Å². The molecule has 0 aliphatic carbocycles. The number of thioether (sulfide) groups is 1. The Morgan fingerprint density at radius 3 is 2.52 bits per heavy atom. The van der Waals surface area contributed by atoms with Gasteiger partial charge in [-0.2, -0.15) is 13.2 Å². The quantitative estimate of drug-likeness (QED) is 0.431. The van der Waals surface area contributed by atoms with Gasteiger partial charge < -0.3 is 4.90 Å². The van der Waals surface area contributed by atoms with Crippen LogP contribution in [0.1, 0.15) is 22.5 Å². The molecule has 0 atom stereocenters. The van der Waals surface area contributed by atoms with Crippen molar-refractivity contribution in [3.8, 4) is 0 Å². The zero-order valence-electron chi connectivity index (χ0n) is 16.2. The molecule has 29 heavy (non-hydrogen) atoms. The maximum Gasteiger partial charge on any atom is 0.451 e. The fraction of sp³-hybridized carbons (Fsp3) is 0.286. The number of hydrogen-bond donors (Lipinski definition) is 0. The van der Waals surface area contributed by atoms with Crippen LogP contribution in [-0.2, 0) is 17.5 Å². The number of hydrogen-bond acceptors (Lipinski definition) is 4. The van der Waals surface area contributed by atoms with Crippen LogP contribution >= 0.6 is 11.8 Å². The molecule has 0 aliphatic heterocycles. The number of fused-ring (bicyclic) bond motifs is 1. The molecule has 8 heteroatoms. The Bertz CT molecular complexity index is 1050. The number of aryl methyl sites for hydroxylation is 2. The van der Waals surface area contributed by atoms with E-state index in [-0.39, 0.29) is 22.2 Å². The second-order valence-electron chi connectivity index (χ2n) is 6.84. The summed E-state index contributed by atoms with van der Waals surface area (Å²) in [5.74, 6) is -1.40. The minimum atomic E-state index is -4.65. The van der Waals surface area contributed by atoms with Crippen molar-refractivity contribution in [3.63, 3.8) is 0 Å². The van der Waals surface area contributed by atoms with Gasteiger partial charge in [0.05, 0.1) is 11.3 Å². The summed E-state index contributed by atoms with van der Waals surface area (Å²) < 4.78 is 39.4. The van der Waals surface area contributed by atoms with Crippen LogP contribution in [0.5, 0.6) is 0 Å². The SMILES string of the molecule is Cc1ccc(CN(C)C(=O)CSc2nc(C(F)(F)F)nc3ccccc23)c(C)c1. The van der Waals surface area contributed by atoms with Gasteiger partial charge in [-0.05, 0) is 31.0 Å². The lowest BCUT2D eigenvalue weighted by Gasteiger charge is -2.19. The Morgan fingerprint density at radius 1 is 1.10 bits per heavy atom. The fourth-order valence-electron chi connectivity index (χ4n) is 2.89. The third kappa shape index (κ3) is 5.06. The topological polar surface area (TPSA) is 46.1 Å². The number of amides is 1. The van der Waals surface area contributed by atoms with E-state index in [1.54, 1.807) is 30.1 Å². The van der Waals surface area contributed by atoms with E-state index in [4.69, 9.17) is 0 Å². The first-order chi connectivity index (χ1) is 13.6. The number of carbonyl (C=O) groups excluding carboxylic acids is 1. The van der Waals surface area contributed by atoms with Crippen LogP contribution in [0, 0.1) is 13.8 Å². The van der Waals surface area contributed by atoms with Gasteiger partial charge >= 0.3 is 6.18 Å². The van der Waals surface area contributed by atoms with E-state index in [0.29, 0.717) is 11.9 Å². The number of rotatable bonds is 5. The average Bonchev–Trinajstić information content (AvgIpc) is 2.67. The van der Waals surface area contributed by atoms with Crippen molar-refractivity contribution in [2.24, 2.45) is 0 Å². The van der Waals surface area contributed by atoms with Crippen molar-refractivity contribution in [3.05, 3.63) is 65.0 Å². The summed E-state index contributed by atoms with van der Waals surface area (Å²) >= 11 is 0.992. The lowest BCUT2D eigenvalue weighted by atomic mass is 10.1. The first-order valence-electron chi connectivity index (χ1n) is 8.92. The highest BCUT2D eigenvalue weighted by Crippen LogP contribution is 2.32. The third-order valence-corrected chi connectivity index (χ3v) is 5.46. The van der Waals surface area contributed by atoms with Gasteiger partial charge in [-0.1, -0.05) is 53.7 Å². The molecule has 1 amide bonds. The van der Waals surface area contributed by atoms with E-state index >= 15 is 0 Å². The molecule has 0 saturated heterocycles. The van der Waals surface area contributed by atoms with Crippen molar-refractivity contribution < 1.29 is 18.0 Å². The van der Waals surface area contributed by atoms with Gasteiger partial charge in [-0.15, -0.1) is 0 Å². The lowest BCUT2D eigenvalue weighted by molar-refractivity contribution is -0.145. The first-order valence-corrected chi connectivity index (χ1v) is 9.90. The molecule has 1 heterocycles. The molecular formula is C21H20F3N3OS. The molecule has 0 unspecified atom stereocenters. The second-order valence-corrected chi connectivity index (χ2v) is 7.80. The number of para-hydroxylation sites is 1. The van der Waals surface area contributed by atoms with E-state index < -0.39 is 12.0 Å². The Hall–Kier alpha value is -2.61. The van der Waals surface area contributed by atoms with Gasteiger partial charge in [0.25, 0.3) is 0 Å². The van der Waals surface area contributed by atoms with Crippen LogP contribution in [0.15, 0.2) is 47.5 Å². The summed E-state index contributed by atoms with van der Waals surface area (Å²) in [5, 5.41) is 0.645. The maximum absolute atomic E-state index is 13.1. The van der Waals surface area contributed by atoms with Gasteiger partial charge in [0.15, 0.2) is 0 Å². The van der Waals surface area contributed by atoms with E-state index in [9.17, 15) is 18.0 Å². The van der Waals surface area contributed by atoms with E-state index in [1.165, 1.54) is 6.07 Å². The van der Waals surface area contributed by atoms with Crippen molar-refractivity contribution in [2.75, 3.05) is 12.8 Å². The molecule has 0 fully saturated rings. The van der Waals surface area contributed by atoms with Crippen LogP contribution in [0.3, 0.4) is 0 Å². The highest BCUT2D eigenvalue weighted by Gasteiger charge is 2.35. The van der Waals surface area contributed by atoms with Gasteiger partial charge in [-0.25, -0.2) is 9.97 Å². The smallest absolute Gasteiger partial charge is 0.341 e. The zero-order valence-corrected chi connectivity index (χ0v) is 17.1. The average molecular weight is 419 g/mol. The number of halogens is 3. The Balaban J connectivity index is 1.76. The van der Waals surface area contributed by atoms with E-state index in [2.05, 4.69) is 9.97 Å². The molecule has 2 aromatic carbocycles. The Labute approximate surface area is 171 Å². The molecule has 0 radical (unpaired) electrons. The minimum absolute atomic E-state index is 0.0142. The number of benzene rings is 2. The molecule has 0 spiro atoms. The van der Waals surface area contributed by atoms with Crippen LogP contribution in [-0.4, -0.2) is 33.6 Å². The number of nitrogens with zero attached hydrogens (tertiary/aromatic N) is 3. The van der Waals surface area contributed by atoms with Crippen molar-refractivity contribution in [1.82, 2.24) is 14.9 Å². The minimum Gasteiger partial charge on any atom is -0.341 e. The van der Waals surface area contributed by atoms with Gasteiger partial charge in [0, 0.05) is 19.0 Å². The van der Waals surface area contributed by atoms with Gasteiger partial charge in [0.1, 0.15) is 5.03 Å². The molecular weight excluding hydrogens is 399 g/mol. The summed E-state index contributed by atoms with van der Waals surface area (Å²) in [5.41, 5.74) is 3.47. The highest BCUT2D eigenvalue weighted by atomic mass is 32.2. The fourth-order valence-corrected chi connectivity index (χ4v) is 3.85. The molecule has 0 saturated carbocycles. The largest absolute Gasteiger partial charge is 0.451 e. The molecule has 0 N–H and O–H groups in total. The monoisotopic (exact) mass is 419 g/mol. The summed E-state index contributed by atoms with van der Waals surface area (Å²) in [6.45, 7) is 4.43. The van der Waals surface area contributed by atoms with E-state index in [1.807, 2.05) is 32.0 Å². The summed E-state index contributed by atoms with van der Waals surface area (Å²) in [6, 6.07) is 12.5. The van der Waals surface area contributed by atoms with E-state index in [0.717, 1.165) is 28.5 Å². The lowest BCUT2D eigenvalue weighted by Crippen LogP contribution is -2.28. The van der Waals surface area contributed by atoms with Gasteiger partial charge in [0.2, 0.25) is 11.7 Å². The third-order valence-electron chi connectivity index (χ3n) is 4.49.